The van der Waals surface area contributed by atoms with Gasteiger partial charge in [-0.1, -0.05) is 90.6 Å². The maximum atomic E-state index is 10.8. The van der Waals surface area contributed by atoms with Crippen LogP contribution in [0.3, 0.4) is 0 Å². The number of aliphatic hydroxyl groups is 1. The lowest BCUT2D eigenvalue weighted by atomic mass is 10.1. The fraction of sp³-hybridized carbons (Fsp3) is 0.0476. The van der Waals surface area contributed by atoms with Crippen LogP contribution in [0.4, 0.5) is 0 Å². The van der Waals surface area contributed by atoms with Crippen molar-refractivity contribution in [1.29, 1.82) is 0 Å². The zero-order valence-electron chi connectivity index (χ0n) is 12.7. The average molecular weight is 318 g/mol. The highest BCUT2D eigenvalue weighted by molar-refractivity contribution is 8.03. The van der Waals surface area contributed by atoms with E-state index in [1.54, 1.807) is 11.8 Å². The fourth-order valence-corrected chi connectivity index (χ4v) is 3.31. The maximum Gasteiger partial charge on any atom is 0.110 e. The van der Waals surface area contributed by atoms with Crippen LogP contribution in [-0.4, -0.2) is 5.11 Å². The third kappa shape index (κ3) is 4.35. The van der Waals surface area contributed by atoms with Crippen molar-refractivity contribution in [2.24, 2.45) is 0 Å². The third-order valence-electron chi connectivity index (χ3n) is 3.47. The Morgan fingerprint density at radius 2 is 1.26 bits per heavy atom. The summed E-state index contributed by atoms with van der Waals surface area (Å²) in [5.74, 6) is 0. The summed E-state index contributed by atoms with van der Waals surface area (Å²) in [4.78, 5) is 2.03. The molecule has 0 aromatic heterocycles. The fourth-order valence-electron chi connectivity index (χ4n) is 2.30. The molecule has 0 bridgehead atoms. The first-order chi connectivity index (χ1) is 11.3. The highest BCUT2D eigenvalue weighted by atomic mass is 32.2. The van der Waals surface area contributed by atoms with Crippen molar-refractivity contribution in [3.8, 4) is 0 Å². The van der Waals surface area contributed by atoms with Gasteiger partial charge in [-0.25, -0.2) is 0 Å². The molecule has 1 atom stereocenters. The van der Waals surface area contributed by atoms with Gasteiger partial charge in [-0.2, -0.15) is 0 Å². The zero-order chi connectivity index (χ0) is 15.9. The summed E-state index contributed by atoms with van der Waals surface area (Å²) >= 11 is 1.60. The molecule has 0 amide bonds. The Morgan fingerprint density at radius 3 is 1.87 bits per heavy atom. The maximum absolute atomic E-state index is 10.8. The van der Waals surface area contributed by atoms with E-state index in [2.05, 4.69) is 18.2 Å². The van der Waals surface area contributed by atoms with Crippen molar-refractivity contribution in [3.63, 3.8) is 0 Å². The van der Waals surface area contributed by atoms with E-state index in [-0.39, 0.29) is 0 Å². The molecule has 0 saturated carbocycles. The van der Waals surface area contributed by atoms with E-state index >= 15 is 0 Å². The molecule has 0 aliphatic rings. The van der Waals surface area contributed by atoms with Crippen molar-refractivity contribution >= 4 is 17.8 Å². The lowest BCUT2D eigenvalue weighted by Crippen LogP contribution is -1.99. The molecule has 1 N–H and O–H groups in total. The van der Waals surface area contributed by atoms with Crippen molar-refractivity contribution in [1.82, 2.24) is 0 Å². The lowest BCUT2D eigenvalue weighted by Gasteiger charge is -2.15. The molecule has 0 heterocycles. The molecule has 3 aromatic rings. The monoisotopic (exact) mass is 318 g/mol. The number of benzene rings is 3. The Morgan fingerprint density at radius 1 is 0.739 bits per heavy atom. The van der Waals surface area contributed by atoms with Crippen LogP contribution in [0.5, 0.6) is 0 Å². The molecule has 114 valence electrons. The van der Waals surface area contributed by atoms with Gasteiger partial charge in [0.2, 0.25) is 0 Å². The summed E-state index contributed by atoms with van der Waals surface area (Å²) in [5.41, 5.74) is 1.99. The number of aliphatic hydroxyl groups excluding tert-OH is 1. The van der Waals surface area contributed by atoms with Crippen LogP contribution in [0, 0.1) is 0 Å². The van der Waals surface area contributed by atoms with Crippen LogP contribution in [0.15, 0.2) is 101 Å². The van der Waals surface area contributed by atoms with E-state index in [0.29, 0.717) is 0 Å². The number of rotatable bonds is 5. The minimum Gasteiger partial charge on any atom is -0.383 e. The Hall–Kier alpha value is -2.29. The molecule has 0 aliphatic heterocycles. The standard InChI is InChI=1S/C21H18OS/c22-21(18-12-6-2-7-13-18)20(16-17-10-4-1-5-11-17)23-19-14-8-3-9-15-19/h1-16,21-22H/b20-16-. The van der Waals surface area contributed by atoms with Crippen LogP contribution in [0.1, 0.15) is 17.2 Å². The summed E-state index contributed by atoms with van der Waals surface area (Å²) in [6.45, 7) is 0. The number of hydrogen-bond donors (Lipinski definition) is 1. The first kappa shape index (κ1) is 15.6. The van der Waals surface area contributed by atoms with Crippen LogP contribution in [0.2, 0.25) is 0 Å². The molecule has 3 aromatic carbocycles. The van der Waals surface area contributed by atoms with Crippen molar-refractivity contribution in [2.45, 2.75) is 11.0 Å². The normalized spacial score (nSPS) is 12.8. The molecule has 0 fully saturated rings. The smallest absolute Gasteiger partial charge is 0.110 e. The van der Waals surface area contributed by atoms with Gasteiger partial charge in [0.05, 0.1) is 0 Å². The molecule has 0 spiro atoms. The number of thioether (sulfide) groups is 1. The van der Waals surface area contributed by atoms with Gasteiger partial charge >= 0.3 is 0 Å². The van der Waals surface area contributed by atoms with Gasteiger partial charge in [-0.3, -0.25) is 0 Å². The topological polar surface area (TPSA) is 20.2 Å². The second-order valence-corrected chi connectivity index (χ2v) is 6.33. The Bertz CT molecular complexity index is 752. The molecule has 0 saturated heterocycles. The van der Waals surface area contributed by atoms with E-state index < -0.39 is 6.10 Å². The Labute approximate surface area is 141 Å². The first-order valence-corrected chi connectivity index (χ1v) is 8.37. The Kier molecular flexibility index (Phi) is 5.30. The molecule has 0 aliphatic carbocycles. The van der Waals surface area contributed by atoms with Gasteiger partial charge in [0.1, 0.15) is 6.10 Å². The van der Waals surface area contributed by atoms with Crippen molar-refractivity contribution in [2.75, 3.05) is 0 Å². The van der Waals surface area contributed by atoms with Gasteiger partial charge < -0.3 is 5.11 Å². The molecule has 23 heavy (non-hydrogen) atoms. The second-order valence-electron chi connectivity index (χ2n) is 5.19. The highest BCUT2D eigenvalue weighted by Gasteiger charge is 2.14. The van der Waals surface area contributed by atoms with Crippen LogP contribution < -0.4 is 0 Å². The molecule has 0 radical (unpaired) electrons. The second kappa shape index (κ2) is 7.82. The molecule has 1 nitrogen and oxygen atoms in total. The Balaban J connectivity index is 1.94. The van der Waals surface area contributed by atoms with Crippen LogP contribution in [0.25, 0.3) is 6.08 Å². The van der Waals surface area contributed by atoms with Crippen LogP contribution >= 0.6 is 11.8 Å². The molecule has 3 rings (SSSR count). The summed E-state index contributed by atoms with van der Waals surface area (Å²) in [6.07, 6.45) is 1.41. The third-order valence-corrected chi connectivity index (χ3v) is 4.56. The van der Waals surface area contributed by atoms with E-state index in [1.165, 1.54) is 0 Å². The minimum absolute atomic E-state index is 0.637. The lowest BCUT2D eigenvalue weighted by molar-refractivity contribution is 0.226. The summed E-state index contributed by atoms with van der Waals surface area (Å²) in [5, 5.41) is 10.8. The van der Waals surface area contributed by atoms with Crippen molar-refractivity contribution < 1.29 is 5.11 Å². The van der Waals surface area contributed by atoms with Crippen molar-refractivity contribution in [3.05, 3.63) is 107 Å². The van der Waals surface area contributed by atoms with Gasteiger partial charge in [0, 0.05) is 9.80 Å². The first-order valence-electron chi connectivity index (χ1n) is 7.55. The molecular weight excluding hydrogens is 300 g/mol. The molecule has 1 unspecified atom stereocenters. The summed E-state index contributed by atoms with van der Waals surface area (Å²) in [7, 11) is 0. The van der Waals surface area contributed by atoms with Gasteiger partial charge in [-0.15, -0.1) is 0 Å². The van der Waals surface area contributed by atoms with Crippen LogP contribution in [-0.2, 0) is 0 Å². The quantitative estimate of drug-likeness (QED) is 0.622. The summed E-state index contributed by atoms with van der Waals surface area (Å²) in [6, 6.07) is 30.0. The predicted octanol–water partition coefficient (Wildman–Crippen LogP) is 5.55. The predicted molar refractivity (Wildman–Crippen MR) is 98.1 cm³/mol. The van der Waals surface area contributed by atoms with E-state index in [9.17, 15) is 5.11 Å². The van der Waals surface area contributed by atoms with Gasteiger partial charge in [0.15, 0.2) is 0 Å². The van der Waals surface area contributed by atoms with Gasteiger partial charge in [-0.05, 0) is 29.3 Å². The molecule has 2 heteroatoms. The minimum atomic E-state index is -0.637. The van der Waals surface area contributed by atoms with Gasteiger partial charge in [0.25, 0.3) is 0 Å². The number of hydrogen-bond acceptors (Lipinski definition) is 2. The van der Waals surface area contributed by atoms with E-state index in [4.69, 9.17) is 0 Å². The van der Waals surface area contributed by atoms with E-state index in [0.717, 1.165) is 20.9 Å². The highest BCUT2D eigenvalue weighted by Crippen LogP contribution is 2.37. The SMILES string of the molecule is OC(/C(=C/c1ccccc1)Sc1ccccc1)c1ccccc1. The molecular formula is C21H18OS. The summed E-state index contributed by atoms with van der Waals surface area (Å²) < 4.78 is 0. The zero-order valence-corrected chi connectivity index (χ0v) is 13.5. The average Bonchev–Trinajstić information content (AvgIpc) is 2.63. The largest absolute Gasteiger partial charge is 0.383 e. The van der Waals surface area contributed by atoms with E-state index in [1.807, 2.05) is 78.9 Å².